The van der Waals surface area contributed by atoms with Gasteiger partial charge in [0.2, 0.25) is 0 Å². The largest absolute Gasteiger partial charge is 0.396 e. The van der Waals surface area contributed by atoms with Crippen LogP contribution in [0.5, 0.6) is 0 Å². The maximum Gasteiger partial charge on any atom is 0.291 e. The van der Waals surface area contributed by atoms with Gasteiger partial charge in [-0.2, -0.15) is 5.10 Å². The van der Waals surface area contributed by atoms with Crippen LogP contribution in [0.25, 0.3) is 0 Å². The average Bonchev–Trinajstić information content (AvgIpc) is 2.54. The summed E-state index contributed by atoms with van der Waals surface area (Å²) in [6.07, 6.45) is 3.50. The molecule has 114 valence electrons. The van der Waals surface area contributed by atoms with Gasteiger partial charge in [-0.25, -0.2) is 15.4 Å². The molecule has 0 aliphatic rings. The lowest BCUT2D eigenvalue weighted by molar-refractivity contribution is -0.378. The first kappa shape index (κ1) is 16.5. The van der Waals surface area contributed by atoms with Gasteiger partial charge in [-0.05, 0) is 13.0 Å². The molecular weight excluding hydrogens is 349 g/mol. The molecular formula is C13H11Cl3N5O+. The number of amides is 1. The number of halogens is 3. The summed E-state index contributed by atoms with van der Waals surface area (Å²) in [6, 6.07) is 3.65. The molecule has 6 nitrogen and oxygen atoms in total. The Morgan fingerprint density at radius 2 is 2.09 bits per heavy atom. The lowest BCUT2D eigenvalue weighted by Crippen LogP contribution is -2.22. The number of nitrogens with one attached hydrogen (secondary N) is 2. The van der Waals surface area contributed by atoms with Crippen molar-refractivity contribution in [2.45, 2.75) is 6.92 Å². The van der Waals surface area contributed by atoms with Gasteiger partial charge in [0.05, 0.1) is 22.0 Å². The first-order chi connectivity index (χ1) is 10.4. The summed E-state index contributed by atoms with van der Waals surface area (Å²) in [5.41, 5.74) is 9.25. The minimum absolute atomic E-state index is 0.00252. The molecule has 0 radical (unpaired) electrons. The summed E-state index contributed by atoms with van der Waals surface area (Å²) in [5.74, 6) is -0.644. The third-order valence-electron chi connectivity index (χ3n) is 2.74. The van der Waals surface area contributed by atoms with Gasteiger partial charge in [-0.3, -0.25) is 4.79 Å². The highest BCUT2D eigenvalue weighted by Gasteiger charge is 2.19. The maximum absolute atomic E-state index is 12.1. The number of pyridine rings is 2. The lowest BCUT2D eigenvalue weighted by Gasteiger charge is -2.08. The second kappa shape index (κ2) is 6.91. The molecule has 0 spiro atoms. The Morgan fingerprint density at radius 3 is 2.73 bits per heavy atom. The number of carbonyl (C=O) groups is 1. The van der Waals surface area contributed by atoms with Crippen LogP contribution in [0.3, 0.4) is 0 Å². The van der Waals surface area contributed by atoms with E-state index in [2.05, 4.69) is 20.5 Å². The van der Waals surface area contributed by atoms with Crippen LogP contribution in [0, 0.1) is 0 Å². The lowest BCUT2D eigenvalue weighted by atomic mass is 10.2. The SMILES string of the molecule is C/C(=N\NC(=O)c1nc(Cl)c(Cl)c(N)c1Cl)c1ccc[nH+]c1. The van der Waals surface area contributed by atoms with E-state index in [-0.39, 0.29) is 26.6 Å². The first-order valence-electron chi connectivity index (χ1n) is 6.03. The van der Waals surface area contributed by atoms with Gasteiger partial charge in [0.15, 0.2) is 23.2 Å². The number of hydrogen-bond acceptors (Lipinski definition) is 4. The van der Waals surface area contributed by atoms with Crippen molar-refractivity contribution in [2.75, 3.05) is 5.73 Å². The average molecular weight is 360 g/mol. The number of nitrogens with two attached hydrogens (primary N) is 1. The number of hydrazone groups is 1. The molecule has 2 heterocycles. The molecule has 22 heavy (non-hydrogen) atoms. The van der Waals surface area contributed by atoms with E-state index in [9.17, 15) is 4.79 Å². The zero-order chi connectivity index (χ0) is 16.3. The Bertz CT molecular complexity index is 749. The zero-order valence-corrected chi connectivity index (χ0v) is 13.6. The maximum atomic E-state index is 12.1. The Hall–Kier alpha value is -1.89. The Labute approximate surface area is 141 Å². The number of carbonyl (C=O) groups excluding carboxylic acids is 1. The monoisotopic (exact) mass is 358 g/mol. The Morgan fingerprint density at radius 1 is 1.36 bits per heavy atom. The molecule has 0 bridgehead atoms. The number of aromatic nitrogens is 2. The van der Waals surface area contributed by atoms with Gasteiger partial charge < -0.3 is 5.73 Å². The summed E-state index contributed by atoms with van der Waals surface area (Å²) in [4.78, 5) is 18.8. The van der Waals surface area contributed by atoms with Crippen LogP contribution < -0.4 is 16.1 Å². The normalized spacial score (nSPS) is 11.4. The third-order valence-corrected chi connectivity index (χ3v) is 3.87. The smallest absolute Gasteiger partial charge is 0.291 e. The Balaban J connectivity index is 2.24. The summed E-state index contributed by atoms with van der Waals surface area (Å²) >= 11 is 17.5. The van der Waals surface area contributed by atoms with Gasteiger partial charge in [-0.15, -0.1) is 0 Å². The summed E-state index contributed by atoms with van der Waals surface area (Å²) in [5, 5.41) is 3.80. The van der Waals surface area contributed by atoms with E-state index in [0.717, 1.165) is 5.56 Å². The van der Waals surface area contributed by atoms with Gasteiger partial charge in [-0.1, -0.05) is 34.8 Å². The highest BCUT2D eigenvalue weighted by atomic mass is 35.5. The number of aromatic amines is 1. The van der Waals surface area contributed by atoms with Gasteiger partial charge in [0.25, 0.3) is 5.91 Å². The van der Waals surface area contributed by atoms with Gasteiger partial charge >= 0.3 is 0 Å². The fraction of sp³-hybridized carbons (Fsp3) is 0.0769. The number of anilines is 1. The molecule has 0 unspecified atom stereocenters. The van der Waals surface area contributed by atoms with E-state index < -0.39 is 5.91 Å². The number of nitrogen functional groups attached to an aromatic ring is 1. The van der Waals surface area contributed by atoms with Crippen LogP contribution in [-0.4, -0.2) is 16.6 Å². The van der Waals surface area contributed by atoms with E-state index in [0.29, 0.717) is 5.71 Å². The van der Waals surface area contributed by atoms with Crippen molar-refractivity contribution >= 4 is 52.1 Å². The predicted molar refractivity (Wildman–Crippen MR) is 86.4 cm³/mol. The molecule has 0 saturated heterocycles. The third kappa shape index (κ3) is 3.47. The molecule has 0 fully saturated rings. The van der Waals surface area contributed by atoms with Crippen LogP contribution in [-0.2, 0) is 0 Å². The standard InChI is InChI=1S/C13H10Cl3N5O/c1-6(7-3-2-4-18-5-7)20-21-13(22)11-8(14)10(17)9(15)12(16)19-11/h2-5H,1H3,(H2,17,19)(H,21,22)/p+1/b20-6+. The molecule has 2 aromatic heterocycles. The summed E-state index contributed by atoms with van der Waals surface area (Å²) in [6.45, 7) is 1.74. The molecule has 0 aliphatic heterocycles. The predicted octanol–water partition coefficient (Wildman–Crippen LogP) is 2.59. The second-order valence-corrected chi connectivity index (χ2v) is 5.34. The van der Waals surface area contributed by atoms with Crippen molar-refractivity contribution in [3.05, 3.63) is 51.0 Å². The topological polar surface area (TPSA) is 94.5 Å². The molecule has 1 amide bonds. The van der Waals surface area contributed by atoms with Crippen molar-refractivity contribution in [3.8, 4) is 0 Å². The fourth-order valence-electron chi connectivity index (χ4n) is 1.55. The molecule has 0 aliphatic carbocycles. The summed E-state index contributed by atoms with van der Waals surface area (Å²) < 4.78 is 0. The van der Waals surface area contributed by atoms with Crippen LogP contribution in [0.1, 0.15) is 23.0 Å². The number of hydrogen-bond donors (Lipinski definition) is 2. The van der Waals surface area contributed by atoms with Crippen LogP contribution in [0.2, 0.25) is 15.2 Å². The summed E-state index contributed by atoms with van der Waals surface area (Å²) in [7, 11) is 0. The second-order valence-electron chi connectivity index (χ2n) is 4.22. The van der Waals surface area contributed by atoms with E-state index in [1.165, 1.54) is 0 Å². The molecule has 4 N–H and O–H groups in total. The molecule has 9 heteroatoms. The van der Waals surface area contributed by atoms with E-state index in [1.54, 1.807) is 19.3 Å². The van der Waals surface area contributed by atoms with Crippen molar-refractivity contribution in [2.24, 2.45) is 5.10 Å². The van der Waals surface area contributed by atoms with Crippen LogP contribution in [0.15, 0.2) is 29.6 Å². The number of rotatable bonds is 3. The van der Waals surface area contributed by atoms with Crippen molar-refractivity contribution < 1.29 is 9.78 Å². The molecule has 2 aromatic rings. The molecule has 0 atom stereocenters. The van der Waals surface area contributed by atoms with Crippen molar-refractivity contribution in [3.63, 3.8) is 0 Å². The minimum Gasteiger partial charge on any atom is -0.396 e. The van der Waals surface area contributed by atoms with Crippen LogP contribution >= 0.6 is 34.8 Å². The van der Waals surface area contributed by atoms with Gasteiger partial charge in [0.1, 0.15) is 5.02 Å². The van der Waals surface area contributed by atoms with Crippen molar-refractivity contribution in [1.82, 2.24) is 10.4 Å². The van der Waals surface area contributed by atoms with Gasteiger partial charge in [0, 0.05) is 6.07 Å². The minimum atomic E-state index is -0.644. The fourth-order valence-corrected chi connectivity index (χ4v) is 2.15. The highest BCUT2D eigenvalue weighted by Crippen LogP contribution is 2.34. The van der Waals surface area contributed by atoms with E-state index in [4.69, 9.17) is 40.5 Å². The molecule has 0 saturated carbocycles. The highest BCUT2D eigenvalue weighted by molar-refractivity contribution is 6.46. The number of nitrogens with zero attached hydrogens (tertiary/aromatic N) is 2. The van der Waals surface area contributed by atoms with E-state index in [1.807, 2.05) is 12.1 Å². The van der Waals surface area contributed by atoms with Crippen molar-refractivity contribution in [1.29, 1.82) is 0 Å². The molecule has 2 rings (SSSR count). The number of H-pyrrole nitrogens is 1. The van der Waals surface area contributed by atoms with Crippen LogP contribution in [0.4, 0.5) is 5.69 Å². The quantitative estimate of drug-likeness (QED) is 0.501. The zero-order valence-electron chi connectivity index (χ0n) is 11.3. The Kier molecular flexibility index (Phi) is 5.18. The molecule has 0 aromatic carbocycles. The van der Waals surface area contributed by atoms with E-state index >= 15 is 0 Å². The first-order valence-corrected chi connectivity index (χ1v) is 7.16.